The zero-order valence-corrected chi connectivity index (χ0v) is 23.6. The Kier molecular flexibility index (Phi) is 10.8. The molecule has 0 aromatic heterocycles. The number of hydrogen-bond donors (Lipinski definition) is 3. The number of fused-ring (bicyclic) bond motifs is 16. The molecule has 2 aliphatic heterocycles. The fourth-order valence-electron chi connectivity index (χ4n) is 4.10. The molecule has 2 aliphatic rings. The minimum absolute atomic E-state index is 0.0186. The van der Waals surface area contributed by atoms with Crippen LogP contribution in [0.4, 0.5) is 4.39 Å². The van der Waals surface area contributed by atoms with Gasteiger partial charge in [0.15, 0.2) is 23.1 Å². The molecule has 1 atom stereocenters. The number of rotatable bonds is 3. The maximum absolute atomic E-state index is 14.9. The number of carbonyl (C=O) groups excluding carboxylic acids is 3. The standard InChI is InChI=1S/C27H35FN4O7S/c1-4-21-27(35)30-17-18-8-10-22(20(28)15-18)39-24-16-19(9-11-23(24)38-2)26(34)29-12-6-14-32(40(3,36)37)13-5-7-25(33)31-21/h8-11,15-16,21H,4-7,12-14,17H2,1-3H3,(H,29,34)(H,30,35)(H,31,33)/t21-/m0/s1. The zero-order valence-electron chi connectivity index (χ0n) is 22.8. The van der Waals surface area contributed by atoms with Gasteiger partial charge in [0.05, 0.1) is 13.4 Å². The zero-order chi connectivity index (χ0) is 29.3. The van der Waals surface area contributed by atoms with E-state index in [4.69, 9.17) is 9.47 Å². The van der Waals surface area contributed by atoms with E-state index in [1.54, 1.807) is 13.0 Å². The van der Waals surface area contributed by atoms with Crippen molar-refractivity contribution in [1.29, 1.82) is 0 Å². The van der Waals surface area contributed by atoms with Gasteiger partial charge in [-0.1, -0.05) is 13.0 Å². The number of hydrogen-bond acceptors (Lipinski definition) is 7. The summed E-state index contributed by atoms with van der Waals surface area (Å²) in [6.07, 6.45) is 2.04. The fourth-order valence-corrected chi connectivity index (χ4v) is 5.03. The highest BCUT2D eigenvalue weighted by molar-refractivity contribution is 7.88. The molecule has 3 N–H and O–H groups in total. The van der Waals surface area contributed by atoms with Crippen LogP contribution in [0.15, 0.2) is 36.4 Å². The van der Waals surface area contributed by atoms with Gasteiger partial charge in [0.2, 0.25) is 21.8 Å². The number of sulfonamides is 1. The van der Waals surface area contributed by atoms with E-state index in [2.05, 4.69) is 16.0 Å². The minimum Gasteiger partial charge on any atom is -0.493 e. The molecule has 2 heterocycles. The molecular weight excluding hydrogens is 543 g/mol. The highest BCUT2D eigenvalue weighted by Gasteiger charge is 2.21. The second-order valence-electron chi connectivity index (χ2n) is 9.35. The second kappa shape index (κ2) is 14.1. The van der Waals surface area contributed by atoms with Gasteiger partial charge in [0.1, 0.15) is 6.04 Å². The predicted molar refractivity (Wildman–Crippen MR) is 146 cm³/mol. The minimum atomic E-state index is -3.54. The molecule has 13 heteroatoms. The molecule has 2 aromatic rings. The second-order valence-corrected chi connectivity index (χ2v) is 11.3. The van der Waals surface area contributed by atoms with Gasteiger partial charge >= 0.3 is 0 Å². The van der Waals surface area contributed by atoms with Crippen LogP contribution in [-0.2, 0) is 26.2 Å². The molecule has 0 saturated heterocycles. The van der Waals surface area contributed by atoms with Crippen LogP contribution in [0.25, 0.3) is 0 Å². The first-order valence-corrected chi connectivity index (χ1v) is 14.8. The summed E-state index contributed by atoms with van der Waals surface area (Å²) >= 11 is 0. The van der Waals surface area contributed by atoms with Crippen molar-refractivity contribution in [3.8, 4) is 17.2 Å². The highest BCUT2D eigenvalue weighted by atomic mass is 32.2. The Bertz CT molecular complexity index is 1340. The molecule has 4 rings (SSSR count). The van der Waals surface area contributed by atoms with Crippen LogP contribution in [0, 0.1) is 5.82 Å². The number of nitrogens with one attached hydrogen (secondary N) is 3. The molecule has 3 amide bonds. The summed E-state index contributed by atoms with van der Waals surface area (Å²) in [5.41, 5.74) is 0.712. The van der Waals surface area contributed by atoms with Crippen LogP contribution in [0.1, 0.15) is 48.5 Å². The van der Waals surface area contributed by atoms with Crippen molar-refractivity contribution in [2.45, 2.75) is 45.2 Å². The van der Waals surface area contributed by atoms with Crippen molar-refractivity contribution < 1.29 is 36.7 Å². The maximum Gasteiger partial charge on any atom is 0.251 e. The largest absolute Gasteiger partial charge is 0.493 e. The van der Waals surface area contributed by atoms with Crippen LogP contribution in [0.2, 0.25) is 0 Å². The first kappa shape index (κ1) is 30.8. The molecular formula is C27H35FN4O7S. The summed E-state index contributed by atoms with van der Waals surface area (Å²) in [4.78, 5) is 37.9. The molecule has 0 radical (unpaired) electrons. The van der Waals surface area contributed by atoms with Crippen molar-refractivity contribution in [1.82, 2.24) is 20.3 Å². The first-order chi connectivity index (χ1) is 19.0. The molecule has 11 nitrogen and oxygen atoms in total. The number of carbonyl (C=O) groups is 3. The van der Waals surface area contributed by atoms with E-state index >= 15 is 0 Å². The number of halogens is 1. The van der Waals surface area contributed by atoms with Crippen molar-refractivity contribution in [2.75, 3.05) is 33.0 Å². The molecule has 2 aromatic carbocycles. The highest BCUT2D eigenvalue weighted by Crippen LogP contribution is 2.34. The summed E-state index contributed by atoms with van der Waals surface area (Å²) in [5, 5.41) is 8.10. The lowest BCUT2D eigenvalue weighted by Gasteiger charge is -2.20. The molecule has 4 bridgehead atoms. The van der Waals surface area contributed by atoms with E-state index < -0.39 is 33.7 Å². The molecule has 0 aliphatic carbocycles. The van der Waals surface area contributed by atoms with Crippen LogP contribution < -0.4 is 25.4 Å². The number of methoxy groups -OCH3 is 1. The molecule has 40 heavy (non-hydrogen) atoms. The third-order valence-corrected chi connectivity index (χ3v) is 7.62. The quantitative estimate of drug-likeness (QED) is 0.507. The Labute approximate surface area is 233 Å². The lowest BCUT2D eigenvalue weighted by molar-refractivity contribution is -0.129. The van der Waals surface area contributed by atoms with Crippen molar-refractivity contribution in [3.05, 3.63) is 53.3 Å². The summed E-state index contributed by atoms with van der Waals surface area (Å²) in [7, 11) is -2.12. The van der Waals surface area contributed by atoms with Gasteiger partial charge in [0.25, 0.3) is 5.91 Å². The van der Waals surface area contributed by atoms with E-state index in [0.717, 1.165) is 6.26 Å². The van der Waals surface area contributed by atoms with E-state index in [9.17, 15) is 27.2 Å². The monoisotopic (exact) mass is 578 g/mol. The molecule has 0 fully saturated rings. The molecule has 0 unspecified atom stereocenters. The predicted octanol–water partition coefficient (Wildman–Crippen LogP) is 2.31. The molecule has 0 spiro atoms. The number of ether oxygens (including phenoxy) is 2. The van der Waals surface area contributed by atoms with Gasteiger partial charge in [-0.2, -0.15) is 0 Å². The van der Waals surface area contributed by atoms with Crippen molar-refractivity contribution in [3.63, 3.8) is 0 Å². The SMILES string of the molecule is CC[C@@H]1NC(=O)CCCN(S(C)(=O)=O)CCCNC(=O)c2ccc(OC)c(c2)Oc2ccc(cc2F)CNC1=O. The van der Waals surface area contributed by atoms with E-state index in [1.807, 2.05) is 0 Å². The summed E-state index contributed by atoms with van der Waals surface area (Å²) in [6.45, 7) is 2.22. The Morgan fingerprint density at radius 3 is 2.48 bits per heavy atom. The Morgan fingerprint density at radius 1 is 1.05 bits per heavy atom. The topological polar surface area (TPSA) is 143 Å². The normalized spacial score (nSPS) is 18.7. The smallest absolute Gasteiger partial charge is 0.251 e. The lowest BCUT2D eigenvalue weighted by atomic mass is 10.1. The van der Waals surface area contributed by atoms with E-state index in [1.165, 1.54) is 41.7 Å². The third-order valence-electron chi connectivity index (χ3n) is 6.32. The Morgan fingerprint density at radius 2 is 1.80 bits per heavy atom. The Balaban J connectivity index is 1.86. The van der Waals surface area contributed by atoms with Gasteiger partial charge in [-0.25, -0.2) is 17.1 Å². The molecule has 0 saturated carbocycles. The van der Waals surface area contributed by atoms with E-state index in [0.29, 0.717) is 18.4 Å². The number of benzene rings is 2. The number of amides is 3. The third kappa shape index (κ3) is 8.65. The lowest BCUT2D eigenvalue weighted by Crippen LogP contribution is -2.46. The van der Waals surface area contributed by atoms with Crippen LogP contribution in [0.5, 0.6) is 17.2 Å². The summed E-state index contributed by atoms with van der Waals surface area (Å²) < 4.78 is 51.7. The van der Waals surface area contributed by atoms with Crippen LogP contribution in [0.3, 0.4) is 0 Å². The fraction of sp³-hybridized carbons (Fsp3) is 0.444. The van der Waals surface area contributed by atoms with Crippen molar-refractivity contribution in [2.24, 2.45) is 0 Å². The Hall–Kier alpha value is -3.71. The maximum atomic E-state index is 14.9. The summed E-state index contributed by atoms with van der Waals surface area (Å²) in [5.74, 6) is -1.61. The average molecular weight is 579 g/mol. The van der Waals surface area contributed by atoms with Gasteiger partial charge in [-0.3, -0.25) is 14.4 Å². The van der Waals surface area contributed by atoms with Crippen LogP contribution >= 0.6 is 0 Å². The first-order valence-electron chi connectivity index (χ1n) is 13.0. The van der Waals surface area contributed by atoms with Gasteiger partial charge < -0.3 is 25.4 Å². The van der Waals surface area contributed by atoms with Gasteiger partial charge in [-0.05, 0) is 55.2 Å². The average Bonchev–Trinajstić information content (AvgIpc) is 2.91. The molecule has 218 valence electrons. The summed E-state index contributed by atoms with van der Waals surface area (Å²) in [6, 6.07) is 7.90. The van der Waals surface area contributed by atoms with Crippen molar-refractivity contribution >= 4 is 27.7 Å². The van der Waals surface area contributed by atoms with Gasteiger partial charge in [0, 0.05) is 38.2 Å². The van der Waals surface area contributed by atoms with Gasteiger partial charge in [-0.15, -0.1) is 0 Å². The van der Waals surface area contributed by atoms with E-state index in [-0.39, 0.29) is 67.7 Å². The van der Waals surface area contributed by atoms with Crippen LogP contribution in [-0.4, -0.2) is 69.5 Å². The number of nitrogens with zero attached hydrogens (tertiary/aromatic N) is 1.